The van der Waals surface area contributed by atoms with Gasteiger partial charge in [-0.25, -0.2) is 0 Å². The molecule has 0 aromatic carbocycles. The van der Waals surface area contributed by atoms with E-state index in [2.05, 4.69) is 39.2 Å². The number of rotatable bonds is 3. The van der Waals surface area contributed by atoms with Gasteiger partial charge in [-0.05, 0) is 18.1 Å². The normalized spacial score (nSPS) is 36.8. The Labute approximate surface area is 104 Å². The first kappa shape index (κ1) is 13.0. The molecule has 1 aliphatic carbocycles. The maximum atomic E-state index is 11.4. The summed E-state index contributed by atoms with van der Waals surface area (Å²) in [6.07, 6.45) is -0.0675. The summed E-state index contributed by atoms with van der Waals surface area (Å²) >= 11 is 0. The molecule has 5 heteroatoms. The van der Waals surface area contributed by atoms with Crippen molar-refractivity contribution in [3.8, 4) is 0 Å². The maximum absolute atomic E-state index is 11.4. The highest BCUT2D eigenvalue weighted by Gasteiger charge is 2.74. The van der Waals surface area contributed by atoms with Crippen LogP contribution in [-0.4, -0.2) is 38.6 Å². The Kier molecular flexibility index (Phi) is 2.73. The number of fused-ring (bicyclic) bond motifs is 1. The van der Waals surface area contributed by atoms with Gasteiger partial charge in [-0.1, -0.05) is 20.8 Å². The lowest BCUT2D eigenvalue weighted by molar-refractivity contribution is -0.144. The van der Waals surface area contributed by atoms with Crippen LogP contribution in [0.1, 0.15) is 20.8 Å². The molecule has 1 aliphatic heterocycles. The van der Waals surface area contributed by atoms with Crippen molar-refractivity contribution in [2.75, 3.05) is 13.1 Å². The van der Waals surface area contributed by atoms with E-state index in [0.29, 0.717) is 6.54 Å². The molecular weight excluding hydrogens is 234 g/mol. The third-order valence-electron chi connectivity index (χ3n) is 4.83. The second-order valence-corrected chi connectivity index (χ2v) is 11.6. The first-order chi connectivity index (χ1) is 7.63. The minimum atomic E-state index is -1.86. The summed E-state index contributed by atoms with van der Waals surface area (Å²) < 4.78 is 6.26. The van der Waals surface area contributed by atoms with Gasteiger partial charge in [0.1, 0.15) is 5.41 Å². The van der Waals surface area contributed by atoms with E-state index < -0.39 is 19.7 Å². The first-order valence-electron chi connectivity index (χ1n) is 6.25. The maximum Gasteiger partial charge on any atom is 0.313 e. The molecule has 2 rings (SSSR count). The summed E-state index contributed by atoms with van der Waals surface area (Å²) in [6, 6.07) is 0. The Balaban J connectivity index is 2.11. The van der Waals surface area contributed by atoms with Gasteiger partial charge in [0.25, 0.3) is 0 Å². The molecule has 17 heavy (non-hydrogen) atoms. The SMILES string of the molecule is CC(C)(C)[Si](C)(C)OC1C2CNCC21C(=O)O. The zero-order chi connectivity index (χ0) is 13.1. The number of carboxylic acids is 1. The van der Waals surface area contributed by atoms with Gasteiger partial charge in [0.15, 0.2) is 8.32 Å². The molecule has 0 amide bonds. The molecule has 2 fully saturated rings. The monoisotopic (exact) mass is 257 g/mol. The summed E-state index contributed by atoms with van der Waals surface area (Å²) in [5.41, 5.74) is -0.629. The van der Waals surface area contributed by atoms with E-state index in [-0.39, 0.29) is 17.1 Å². The summed E-state index contributed by atoms with van der Waals surface area (Å²) in [4.78, 5) is 11.4. The van der Waals surface area contributed by atoms with Gasteiger partial charge in [0.05, 0.1) is 6.10 Å². The van der Waals surface area contributed by atoms with Crippen LogP contribution in [0.4, 0.5) is 0 Å². The van der Waals surface area contributed by atoms with E-state index in [0.717, 1.165) is 6.54 Å². The van der Waals surface area contributed by atoms with Crippen molar-refractivity contribution in [3.05, 3.63) is 0 Å². The summed E-state index contributed by atoms with van der Waals surface area (Å²) in [6.45, 7) is 12.3. The van der Waals surface area contributed by atoms with Gasteiger partial charge in [-0.15, -0.1) is 0 Å². The topological polar surface area (TPSA) is 58.6 Å². The average molecular weight is 257 g/mol. The van der Waals surface area contributed by atoms with Gasteiger partial charge in [0, 0.05) is 19.0 Å². The molecule has 98 valence electrons. The Bertz CT molecular complexity index is 350. The summed E-state index contributed by atoms with van der Waals surface area (Å²) in [5, 5.41) is 12.7. The summed E-state index contributed by atoms with van der Waals surface area (Å²) in [5.74, 6) is -0.523. The molecule has 2 N–H and O–H groups in total. The van der Waals surface area contributed by atoms with E-state index in [1.165, 1.54) is 0 Å². The predicted molar refractivity (Wildman–Crippen MR) is 68.5 cm³/mol. The van der Waals surface area contributed by atoms with E-state index >= 15 is 0 Å². The number of carboxylic acid groups (broad SMARTS) is 1. The summed E-state index contributed by atoms with van der Waals surface area (Å²) in [7, 11) is -1.86. The first-order valence-corrected chi connectivity index (χ1v) is 9.16. The van der Waals surface area contributed by atoms with Crippen LogP contribution in [0.15, 0.2) is 0 Å². The van der Waals surface area contributed by atoms with Gasteiger partial charge in [0.2, 0.25) is 0 Å². The Hall–Kier alpha value is -0.393. The standard InChI is InChI=1S/C12H23NO3Si/c1-11(2,3)17(4,5)16-9-8-6-13-7-12(8,9)10(14)15/h8-9,13H,6-7H2,1-5H3,(H,14,15). The van der Waals surface area contributed by atoms with Crippen molar-refractivity contribution in [1.82, 2.24) is 5.32 Å². The van der Waals surface area contributed by atoms with Gasteiger partial charge in [-0.3, -0.25) is 4.79 Å². The molecule has 3 unspecified atom stereocenters. The lowest BCUT2D eigenvalue weighted by Crippen LogP contribution is -2.44. The molecule has 0 radical (unpaired) electrons. The van der Waals surface area contributed by atoms with Crippen LogP contribution in [-0.2, 0) is 9.22 Å². The molecule has 1 saturated heterocycles. The fraction of sp³-hybridized carbons (Fsp3) is 0.917. The van der Waals surface area contributed by atoms with Crippen LogP contribution in [0, 0.1) is 11.3 Å². The minimum absolute atomic E-state index is 0.0675. The van der Waals surface area contributed by atoms with Crippen LogP contribution in [0.3, 0.4) is 0 Å². The zero-order valence-corrected chi connectivity index (χ0v) is 12.3. The van der Waals surface area contributed by atoms with Crippen LogP contribution >= 0.6 is 0 Å². The molecule has 0 spiro atoms. The highest BCUT2D eigenvalue weighted by atomic mass is 28.4. The fourth-order valence-electron chi connectivity index (χ4n) is 2.47. The van der Waals surface area contributed by atoms with E-state index in [9.17, 15) is 9.90 Å². The zero-order valence-electron chi connectivity index (χ0n) is 11.3. The van der Waals surface area contributed by atoms with E-state index in [4.69, 9.17) is 4.43 Å². The van der Waals surface area contributed by atoms with Crippen molar-refractivity contribution in [2.24, 2.45) is 11.3 Å². The highest BCUT2D eigenvalue weighted by Crippen LogP contribution is 2.59. The smallest absolute Gasteiger partial charge is 0.313 e. The number of hydrogen-bond acceptors (Lipinski definition) is 3. The van der Waals surface area contributed by atoms with Crippen molar-refractivity contribution < 1.29 is 14.3 Å². The van der Waals surface area contributed by atoms with Crippen molar-refractivity contribution in [3.63, 3.8) is 0 Å². The Morgan fingerprint density at radius 1 is 1.47 bits per heavy atom. The third-order valence-corrected chi connectivity index (χ3v) is 9.29. The van der Waals surface area contributed by atoms with Gasteiger partial charge in [-0.2, -0.15) is 0 Å². The van der Waals surface area contributed by atoms with Crippen LogP contribution in [0.2, 0.25) is 18.1 Å². The molecule has 1 saturated carbocycles. The molecular formula is C12H23NO3Si. The van der Waals surface area contributed by atoms with Crippen LogP contribution in [0.25, 0.3) is 0 Å². The van der Waals surface area contributed by atoms with Crippen LogP contribution < -0.4 is 5.32 Å². The van der Waals surface area contributed by atoms with Crippen molar-refractivity contribution in [2.45, 2.75) is 45.0 Å². The highest BCUT2D eigenvalue weighted by molar-refractivity contribution is 6.74. The lowest BCUT2D eigenvalue weighted by Gasteiger charge is -2.37. The molecule has 2 aliphatic rings. The van der Waals surface area contributed by atoms with Gasteiger partial charge >= 0.3 is 5.97 Å². The van der Waals surface area contributed by atoms with Gasteiger partial charge < -0.3 is 14.8 Å². The quantitative estimate of drug-likeness (QED) is 0.755. The number of carbonyl (C=O) groups is 1. The van der Waals surface area contributed by atoms with Crippen molar-refractivity contribution in [1.29, 1.82) is 0 Å². The lowest BCUT2D eigenvalue weighted by atomic mass is 10.1. The number of hydrogen-bond donors (Lipinski definition) is 2. The largest absolute Gasteiger partial charge is 0.481 e. The minimum Gasteiger partial charge on any atom is -0.481 e. The number of nitrogens with one attached hydrogen (secondary N) is 1. The molecule has 1 heterocycles. The van der Waals surface area contributed by atoms with Crippen molar-refractivity contribution >= 4 is 14.3 Å². The Morgan fingerprint density at radius 3 is 2.47 bits per heavy atom. The average Bonchev–Trinajstić information content (AvgIpc) is 2.55. The molecule has 3 atom stereocenters. The fourth-order valence-corrected chi connectivity index (χ4v) is 3.84. The number of aliphatic carboxylic acids is 1. The number of piperidine rings is 1. The Morgan fingerprint density at radius 2 is 2.06 bits per heavy atom. The predicted octanol–water partition coefficient (Wildman–Crippen LogP) is 1.68. The van der Waals surface area contributed by atoms with E-state index in [1.54, 1.807) is 0 Å². The second kappa shape index (κ2) is 3.55. The third kappa shape index (κ3) is 1.75. The molecule has 0 bridgehead atoms. The van der Waals surface area contributed by atoms with E-state index in [1.807, 2.05) is 0 Å². The molecule has 4 nitrogen and oxygen atoms in total. The second-order valence-electron chi connectivity index (χ2n) is 6.88. The van der Waals surface area contributed by atoms with Crippen LogP contribution in [0.5, 0.6) is 0 Å². The molecule has 0 aromatic heterocycles. The molecule has 0 aromatic rings.